The summed E-state index contributed by atoms with van der Waals surface area (Å²) in [6.45, 7) is 0.323. The Morgan fingerprint density at radius 1 is 0.971 bits per heavy atom. The van der Waals surface area contributed by atoms with Crippen molar-refractivity contribution in [1.29, 1.82) is 0 Å². The van der Waals surface area contributed by atoms with E-state index < -0.39 is 32.5 Å². The Labute approximate surface area is 196 Å². The number of hydrogen-bond acceptors (Lipinski definition) is 6. The highest BCUT2D eigenvalue weighted by atomic mass is 32.2. The summed E-state index contributed by atoms with van der Waals surface area (Å²) in [6.07, 6.45) is 3.21. The lowest BCUT2D eigenvalue weighted by Crippen LogP contribution is -2.30. The molecule has 0 aliphatic rings. The molecule has 0 atom stereocenters. The third-order valence-electron chi connectivity index (χ3n) is 4.71. The first-order valence-electron chi connectivity index (χ1n) is 10.2. The van der Waals surface area contributed by atoms with Crippen LogP contribution in [0.5, 0.6) is 11.5 Å². The lowest BCUT2D eigenvalue weighted by Gasteiger charge is -2.13. The van der Waals surface area contributed by atoms with E-state index in [0.717, 1.165) is 23.3 Å². The van der Waals surface area contributed by atoms with Gasteiger partial charge in [0.05, 0.1) is 12.0 Å². The molecule has 0 unspecified atom stereocenters. The van der Waals surface area contributed by atoms with Crippen LogP contribution in [-0.4, -0.2) is 33.0 Å². The molecule has 2 aromatic carbocycles. The number of pyridine rings is 1. The van der Waals surface area contributed by atoms with Crippen LogP contribution in [0.3, 0.4) is 0 Å². The summed E-state index contributed by atoms with van der Waals surface area (Å²) in [5.74, 6) is -1.78. The summed E-state index contributed by atoms with van der Waals surface area (Å²) < 4.78 is 63.9. The smallest absolute Gasteiger partial charge is 0.240 e. The molecule has 0 saturated carbocycles. The molecular weight excluding hydrogens is 468 g/mol. The van der Waals surface area contributed by atoms with Gasteiger partial charge in [0.1, 0.15) is 6.61 Å². The predicted molar refractivity (Wildman–Crippen MR) is 120 cm³/mol. The van der Waals surface area contributed by atoms with Gasteiger partial charge in [-0.15, -0.1) is 0 Å². The Hall–Kier alpha value is -3.57. The van der Waals surface area contributed by atoms with E-state index in [9.17, 15) is 22.0 Å². The van der Waals surface area contributed by atoms with Crippen molar-refractivity contribution in [2.45, 2.75) is 24.5 Å². The van der Waals surface area contributed by atoms with Gasteiger partial charge in [0, 0.05) is 31.9 Å². The molecule has 0 aliphatic carbocycles. The standard InChI is InChI=1S/C23H23F2N3O5S/c1-32-22-12-17(2-5-21(22)33-15-16-6-9-26-10-7-16)14-27-23(29)8-11-28-34(30,31)18-3-4-19(24)20(25)13-18/h2-7,9-10,12-13,28H,8,11,14-15H2,1H3,(H,27,29). The third kappa shape index (κ3) is 6.96. The Bertz CT molecular complexity index is 1240. The van der Waals surface area contributed by atoms with Crippen LogP contribution in [0.25, 0.3) is 0 Å². The number of hydrogen-bond donors (Lipinski definition) is 2. The van der Waals surface area contributed by atoms with Crippen LogP contribution in [0.15, 0.2) is 65.8 Å². The second-order valence-corrected chi connectivity index (χ2v) is 8.90. The maximum Gasteiger partial charge on any atom is 0.240 e. The van der Waals surface area contributed by atoms with Crippen LogP contribution in [-0.2, 0) is 28.0 Å². The van der Waals surface area contributed by atoms with Crippen molar-refractivity contribution < 1.29 is 31.5 Å². The molecule has 3 aromatic rings. The predicted octanol–water partition coefficient (Wildman–Crippen LogP) is 2.93. The molecule has 11 heteroatoms. The van der Waals surface area contributed by atoms with Crippen molar-refractivity contribution in [1.82, 2.24) is 15.0 Å². The summed E-state index contributed by atoms with van der Waals surface area (Å²) in [4.78, 5) is 15.6. The van der Waals surface area contributed by atoms with Crippen molar-refractivity contribution in [2.75, 3.05) is 13.7 Å². The molecular formula is C23H23F2N3O5S. The highest BCUT2D eigenvalue weighted by Crippen LogP contribution is 2.28. The number of methoxy groups -OCH3 is 1. The van der Waals surface area contributed by atoms with E-state index in [-0.39, 0.29) is 19.5 Å². The Balaban J connectivity index is 1.48. The number of benzene rings is 2. The van der Waals surface area contributed by atoms with E-state index in [0.29, 0.717) is 24.2 Å². The van der Waals surface area contributed by atoms with Gasteiger partial charge in [-0.1, -0.05) is 6.07 Å². The second-order valence-electron chi connectivity index (χ2n) is 7.13. The van der Waals surface area contributed by atoms with Crippen molar-refractivity contribution in [2.24, 2.45) is 0 Å². The van der Waals surface area contributed by atoms with Crippen molar-refractivity contribution in [3.8, 4) is 11.5 Å². The molecule has 1 amide bonds. The number of aromatic nitrogens is 1. The summed E-state index contributed by atoms with van der Waals surface area (Å²) in [5, 5.41) is 2.68. The monoisotopic (exact) mass is 491 g/mol. The quantitative estimate of drug-likeness (QED) is 0.427. The summed E-state index contributed by atoms with van der Waals surface area (Å²) in [7, 11) is -2.56. The number of carbonyl (C=O) groups is 1. The van der Waals surface area contributed by atoms with E-state index >= 15 is 0 Å². The average molecular weight is 492 g/mol. The average Bonchev–Trinajstić information content (AvgIpc) is 2.83. The fourth-order valence-corrected chi connectivity index (χ4v) is 3.94. The molecule has 0 saturated heterocycles. The van der Waals surface area contributed by atoms with Gasteiger partial charge < -0.3 is 14.8 Å². The minimum absolute atomic E-state index is 0.146. The van der Waals surface area contributed by atoms with Gasteiger partial charge in [-0.2, -0.15) is 0 Å². The van der Waals surface area contributed by atoms with Crippen LogP contribution in [0.1, 0.15) is 17.5 Å². The second kappa shape index (κ2) is 11.5. The Kier molecular flexibility index (Phi) is 8.50. The van der Waals surface area contributed by atoms with E-state index in [2.05, 4.69) is 15.0 Å². The van der Waals surface area contributed by atoms with Crippen LogP contribution >= 0.6 is 0 Å². The molecule has 1 aromatic heterocycles. The first-order chi connectivity index (χ1) is 16.3. The first kappa shape index (κ1) is 25.1. The number of rotatable bonds is 11. The van der Waals surface area contributed by atoms with E-state index in [1.165, 1.54) is 7.11 Å². The Morgan fingerprint density at radius 3 is 2.44 bits per heavy atom. The minimum Gasteiger partial charge on any atom is -0.493 e. The van der Waals surface area contributed by atoms with E-state index in [4.69, 9.17) is 9.47 Å². The fourth-order valence-electron chi connectivity index (χ4n) is 2.90. The van der Waals surface area contributed by atoms with Gasteiger partial charge in [0.2, 0.25) is 15.9 Å². The normalized spacial score (nSPS) is 11.1. The number of sulfonamides is 1. The van der Waals surface area contributed by atoms with E-state index in [1.807, 2.05) is 12.1 Å². The highest BCUT2D eigenvalue weighted by Gasteiger charge is 2.16. The minimum atomic E-state index is -4.07. The van der Waals surface area contributed by atoms with Crippen LogP contribution in [0.4, 0.5) is 8.78 Å². The molecule has 2 N–H and O–H groups in total. The van der Waals surface area contributed by atoms with E-state index in [1.54, 1.807) is 30.6 Å². The molecule has 0 aliphatic heterocycles. The van der Waals surface area contributed by atoms with Crippen LogP contribution in [0, 0.1) is 11.6 Å². The molecule has 3 rings (SSSR count). The largest absolute Gasteiger partial charge is 0.493 e. The number of halogens is 2. The zero-order chi connectivity index (χ0) is 24.6. The SMILES string of the molecule is COc1cc(CNC(=O)CCNS(=O)(=O)c2ccc(F)c(F)c2)ccc1OCc1ccncc1. The van der Waals surface area contributed by atoms with Crippen molar-refractivity contribution in [3.63, 3.8) is 0 Å². The molecule has 34 heavy (non-hydrogen) atoms. The van der Waals surface area contributed by atoms with Gasteiger partial charge in [0.15, 0.2) is 23.1 Å². The van der Waals surface area contributed by atoms with Crippen molar-refractivity contribution in [3.05, 3.63) is 83.7 Å². The molecule has 0 spiro atoms. The van der Waals surface area contributed by atoms with Gasteiger partial charge in [-0.05, 0) is 53.6 Å². The maximum absolute atomic E-state index is 13.3. The van der Waals surface area contributed by atoms with Gasteiger partial charge in [0.25, 0.3) is 0 Å². The molecule has 0 radical (unpaired) electrons. The number of nitrogens with one attached hydrogen (secondary N) is 2. The fraction of sp³-hybridized carbons (Fsp3) is 0.217. The molecule has 1 heterocycles. The molecule has 0 bridgehead atoms. The number of ether oxygens (including phenoxy) is 2. The van der Waals surface area contributed by atoms with Crippen LogP contribution in [0.2, 0.25) is 0 Å². The van der Waals surface area contributed by atoms with Crippen LogP contribution < -0.4 is 19.5 Å². The Morgan fingerprint density at radius 2 is 1.74 bits per heavy atom. The molecule has 0 fully saturated rings. The zero-order valence-electron chi connectivity index (χ0n) is 18.3. The topological polar surface area (TPSA) is 107 Å². The lowest BCUT2D eigenvalue weighted by molar-refractivity contribution is -0.121. The number of amides is 1. The van der Waals surface area contributed by atoms with Gasteiger partial charge >= 0.3 is 0 Å². The molecule has 180 valence electrons. The summed E-state index contributed by atoms with van der Waals surface area (Å²) >= 11 is 0. The van der Waals surface area contributed by atoms with Gasteiger partial charge in [-0.25, -0.2) is 21.9 Å². The highest BCUT2D eigenvalue weighted by molar-refractivity contribution is 7.89. The number of nitrogens with zero attached hydrogens (tertiary/aromatic N) is 1. The summed E-state index contributed by atoms with van der Waals surface area (Å²) in [6, 6.07) is 11.2. The lowest BCUT2D eigenvalue weighted by atomic mass is 10.2. The molecule has 8 nitrogen and oxygen atoms in total. The number of carbonyl (C=O) groups excluding carboxylic acids is 1. The van der Waals surface area contributed by atoms with Crippen molar-refractivity contribution >= 4 is 15.9 Å². The first-order valence-corrected chi connectivity index (χ1v) is 11.7. The summed E-state index contributed by atoms with van der Waals surface area (Å²) in [5.41, 5.74) is 1.71. The maximum atomic E-state index is 13.3. The third-order valence-corrected chi connectivity index (χ3v) is 6.17. The van der Waals surface area contributed by atoms with Gasteiger partial charge in [-0.3, -0.25) is 9.78 Å². The zero-order valence-corrected chi connectivity index (χ0v) is 19.1.